The average Bonchev–Trinajstić information content (AvgIpc) is 2.62. The molecule has 1 saturated heterocycles. The van der Waals surface area contributed by atoms with Crippen LogP contribution in [0.15, 0.2) is 53.4 Å². The number of sulfonamides is 1. The molecule has 120 valence electrons. The third-order valence-electron chi connectivity index (χ3n) is 4.18. The Balaban J connectivity index is 2.04. The van der Waals surface area contributed by atoms with Gasteiger partial charge in [0.15, 0.2) is 0 Å². The number of aldehydes is 1. The fourth-order valence-electron chi connectivity index (χ4n) is 2.92. The van der Waals surface area contributed by atoms with E-state index in [1.165, 1.54) is 0 Å². The van der Waals surface area contributed by atoms with Crippen LogP contribution in [0.4, 0.5) is 0 Å². The predicted molar refractivity (Wildman–Crippen MR) is 89.9 cm³/mol. The average molecular weight is 329 g/mol. The standard InChI is InChI=1S/C18H19NO3S/c20-14-15-8-10-16(11-9-15)17-6-2-3-7-18(17)23(21,22)19-12-4-1-5-13-19/h2-3,6-11,14H,1,4-5,12-13H2. The Morgan fingerprint density at radius 2 is 1.52 bits per heavy atom. The molecule has 23 heavy (non-hydrogen) atoms. The molecule has 1 aliphatic heterocycles. The molecule has 0 saturated carbocycles. The van der Waals surface area contributed by atoms with Gasteiger partial charge in [-0.15, -0.1) is 0 Å². The van der Waals surface area contributed by atoms with E-state index in [-0.39, 0.29) is 0 Å². The van der Waals surface area contributed by atoms with E-state index >= 15 is 0 Å². The van der Waals surface area contributed by atoms with Crippen molar-refractivity contribution in [2.45, 2.75) is 24.2 Å². The maximum absolute atomic E-state index is 13.0. The van der Waals surface area contributed by atoms with Crippen LogP contribution in [0, 0.1) is 0 Å². The number of benzene rings is 2. The van der Waals surface area contributed by atoms with Gasteiger partial charge in [0.2, 0.25) is 10.0 Å². The summed E-state index contributed by atoms with van der Waals surface area (Å²) in [6.45, 7) is 1.17. The van der Waals surface area contributed by atoms with E-state index < -0.39 is 10.0 Å². The third-order valence-corrected chi connectivity index (χ3v) is 6.13. The second-order valence-electron chi connectivity index (χ2n) is 5.70. The molecule has 1 aliphatic rings. The van der Waals surface area contributed by atoms with E-state index in [4.69, 9.17) is 0 Å². The lowest BCUT2D eigenvalue weighted by molar-refractivity contribution is 0.112. The highest BCUT2D eigenvalue weighted by molar-refractivity contribution is 7.89. The van der Waals surface area contributed by atoms with Crippen LogP contribution >= 0.6 is 0 Å². The first kappa shape index (κ1) is 15.9. The van der Waals surface area contributed by atoms with Gasteiger partial charge in [-0.1, -0.05) is 48.9 Å². The second-order valence-corrected chi connectivity index (χ2v) is 7.61. The molecule has 0 N–H and O–H groups in total. The molecule has 1 heterocycles. The van der Waals surface area contributed by atoms with Gasteiger partial charge in [0.25, 0.3) is 0 Å². The van der Waals surface area contributed by atoms with Gasteiger partial charge in [-0.2, -0.15) is 4.31 Å². The fourth-order valence-corrected chi connectivity index (χ4v) is 4.65. The van der Waals surface area contributed by atoms with Crippen LogP contribution in [0.3, 0.4) is 0 Å². The minimum absolute atomic E-state index is 0.334. The molecular weight excluding hydrogens is 310 g/mol. The molecule has 2 aromatic rings. The summed E-state index contributed by atoms with van der Waals surface area (Å²) < 4.78 is 27.5. The Bertz CT molecular complexity index is 791. The summed E-state index contributed by atoms with van der Waals surface area (Å²) >= 11 is 0. The molecule has 0 aliphatic carbocycles. The summed E-state index contributed by atoms with van der Waals surface area (Å²) in [7, 11) is -3.49. The molecule has 2 aromatic carbocycles. The summed E-state index contributed by atoms with van der Waals surface area (Å²) in [5.41, 5.74) is 2.05. The summed E-state index contributed by atoms with van der Waals surface area (Å²) in [5, 5.41) is 0. The Morgan fingerprint density at radius 3 is 2.17 bits per heavy atom. The second kappa shape index (κ2) is 6.64. The van der Waals surface area contributed by atoms with Crippen LogP contribution in [0.2, 0.25) is 0 Å². The van der Waals surface area contributed by atoms with E-state index in [9.17, 15) is 13.2 Å². The van der Waals surface area contributed by atoms with E-state index in [1.54, 1.807) is 40.7 Å². The van der Waals surface area contributed by atoms with Gasteiger partial charge in [-0.3, -0.25) is 4.79 Å². The van der Waals surface area contributed by atoms with Crippen molar-refractivity contribution in [1.29, 1.82) is 0 Å². The van der Waals surface area contributed by atoms with E-state index in [1.807, 2.05) is 12.1 Å². The molecule has 4 nitrogen and oxygen atoms in total. The molecule has 0 aromatic heterocycles. The minimum Gasteiger partial charge on any atom is -0.298 e. The van der Waals surface area contributed by atoms with Crippen molar-refractivity contribution in [2.24, 2.45) is 0 Å². The molecule has 0 atom stereocenters. The molecule has 5 heteroatoms. The first-order chi connectivity index (χ1) is 11.1. The Kier molecular flexibility index (Phi) is 4.59. The van der Waals surface area contributed by atoms with Crippen molar-refractivity contribution in [3.05, 3.63) is 54.1 Å². The quantitative estimate of drug-likeness (QED) is 0.808. The molecule has 0 bridgehead atoms. The zero-order chi connectivity index (χ0) is 16.3. The number of piperidine rings is 1. The maximum atomic E-state index is 13.0. The molecule has 0 amide bonds. The molecule has 0 radical (unpaired) electrons. The highest BCUT2D eigenvalue weighted by atomic mass is 32.2. The number of carbonyl (C=O) groups is 1. The van der Waals surface area contributed by atoms with E-state index in [2.05, 4.69) is 0 Å². The van der Waals surface area contributed by atoms with Gasteiger partial charge in [0.1, 0.15) is 6.29 Å². The van der Waals surface area contributed by atoms with Crippen LogP contribution in [0.25, 0.3) is 11.1 Å². The maximum Gasteiger partial charge on any atom is 0.243 e. The number of rotatable bonds is 4. The molecule has 3 rings (SSSR count). The van der Waals surface area contributed by atoms with Crippen molar-refractivity contribution >= 4 is 16.3 Å². The van der Waals surface area contributed by atoms with Crippen molar-refractivity contribution in [2.75, 3.05) is 13.1 Å². The summed E-state index contributed by atoms with van der Waals surface area (Å²) in [4.78, 5) is 11.1. The largest absolute Gasteiger partial charge is 0.298 e. The van der Waals surface area contributed by atoms with Gasteiger partial charge >= 0.3 is 0 Å². The fraction of sp³-hybridized carbons (Fsp3) is 0.278. The smallest absolute Gasteiger partial charge is 0.243 e. The number of carbonyl (C=O) groups excluding carboxylic acids is 1. The predicted octanol–water partition coefficient (Wildman–Crippen LogP) is 3.34. The molecular formula is C18H19NO3S. The van der Waals surface area contributed by atoms with Crippen molar-refractivity contribution < 1.29 is 13.2 Å². The summed E-state index contributed by atoms with van der Waals surface area (Å²) in [6.07, 6.45) is 3.69. The summed E-state index contributed by atoms with van der Waals surface area (Å²) in [5.74, 6) is 0. The van der Waals surface area contributed by atoms with Gasteiger partial charge in [-0.25, -0.2) is 8.42 Å². The third kappa shape index (κ3) is 3.21. The number of hydrogen-bond acceptors (Lipinski definition) is 3. The van der Waals surface area contributed by atoms with Crippen LogP contribution in [0.1, 0.15) is 29.6 Å². The van der Waals surface area contributed by atoms with Gasteiger partial charge < -0.3 is 0 Å². The topological polar surface area (TPSA) is 54.5 Å². The van der Waals surface area contributed by atoms with E-state index in [0.717, 1.165) is 31.1 Å². The van der Waals surface area contributed by atoms with Crippen molar-refractivity contribution in [3.8, 4) is 11.1 Å². The normalized spacial score (nSPS) is 16.2. The zero-order valence-corrected chi connectivity index (χ0v) is 13.6. The van der Waals surface area contributed by atoms with Gasteiger partial charge in [0.05, 0.1) is 4.90 Å². The molecule has 0 spiro atoms. The number of nitrogens with zero attached hydrogens (tertiary/aromatic N) is 1. The monoisotopic (exact) mass is 329 g/mol. The van der Waals surface area contributed by atoms with Gasteiger partial charge in [0, 0.05) is 24.2 Å². The van der Waals surface area contributed by atoms with Crippen LogP contribution in [0.5, 0.6) is 0 Å². The van der Waals surface area contributed by atoms with Crippen LogP contribution < -0.4 is 0 Å². The van der Waals surface area contributed by atoms with Gasteiger partial charge in [-0.05, 0) is 24.5 Å². The van der Waals surface area contributed by atoms with Crippen molar-refractivity contribution in [1.82, 2.24) is 4.31 Å². The van der Waals surface area contributed by atoms with Crippen LogP contribution in [-0.2, 0) is 10.0 Å². The molecule has 1 fully saturated rings. The first-order valence-electron chi connectivity index (χ1n) is 7.78. The highest BCUT2D eigenvalue weighted by Gasteiger charge is 2.28. The lowest BCUT2D eigenvalue weighted by Gasteiger charge is -2.26. The number of hydrogen-bond donors (Lipinski definition) is 0. The first-order valence-corrected chi connectivity index (χ1v) is 9.22. The Hall–Kier alpha value is -1.98. The zero-order valence-electron chi connectivity index (χ0n) is 12.8. The molecule has 0 unspecified atom stereocenters. The SMILES string of the molecule is O=Cc1ccc(-c2ccccc2S(=O)(=O)N2CCCCC2)cc1. The Morgan fingerprint density at radius 1 is 0.870 bits per heavy atom. The lowest BCUT2D eigenvalue weighted by Crippen LogP contribution is -2.35. The minimum atomic E-state index is -3.49. The van der Waals surface area contributed by atoms with E-state index in [0.29, 0.717) is 29.1 Å². The van der Waals surface area contributed by atoms with Crippen molar-refractivity contribution in [3.63, 3.8) is 0 Å². The highest BCUT2D eigenvalue weighted by Crippen LogP contribution is 2.30. The van der Waals surface area contributed by atoms with Crippen LogP contribution in [-0.4, -0.2) is 32.1 Å². The lowest BCUT2D eigenvalue weighted by atomic mass is 10.0. The summed E-state index contributed by atoms with van der Waals surface area (Å²) in [6, 6.07) is 14.0. The Labute approximate surface area is 136 Å².